The third-order valence-corrected chi connectivity index (χ3v) is 1.82. The number of rotatable bonds is 3. The zero-order valence-electron chi connectivity index (χ0n) is 8.56. The van der Waals surface area contributed by atoms with E-state index in [2.05, 4.69) is 5.32 Å². The lowest BCUT2D eigenvalue weighted by Gasteiger charge is -2.05. The number of anilines is 1. The standard InChI is InChI=1S/C11H9N3O2/c1-16-9-2-3-10(11(15)4-9)14-7-8(5-12)6-13/h2-4,7,14-15H,1H3. The van der Waals surface area contributed by atoms with Gasteiger partial charge in [-0.2, -0.15) is 10.5 Å². The van der Waals surface area contributed by atoms with E-state index in [1.54, 1.807) is 24.3 Å². The maximum absolute atomic E-state index is 9.54. The Morgan fingerprint density at radius 3 is 2.62 bits per heavy atom. The predicted octanol–water partition coefficient (Wildman–Crippen LogP) is 1.74. The van der Waals surface area contributed by atoms with Crippen LogP contribution in [0.2, 0.25) is 0 Å². The molecule has 16 heavy (non-hydrogen) atoms. The zero-order chi connectivity index (χ0) is 12.0. The van der Waals surface area contributed by atoms with Gasteiger partial charge in [0.15, 0.2) is 0 Å². The Hall–Kier alpha value is -2.66. The molecular formula is C11H9N3O2. The molecule has 0 amide bonds. The molecule has 0 aromatic heterocycles. The predicted molar refractivity (Wildman–Crippen MR) is 57.6 cm³/mol. The molecule has 5 nitrogen and oxygen atoms in total. The van der Waals surface area contributed by atoms with Crippen LogP contribution >= 0.6 is 0 Å². The SMILES string of the molecule is COc1ccc(NC=C(C#N)C#N)c(O)c1. The van der Waals surface area contributed by atoms with Crippen LogP contribution in [0.25, 0.3) is 0 Å². The van der Waals surface area contributed by atoms with Crippen LogP contribution in [0.5, 0.6) is 11.5 Å². The Bertz CT molecular complexity index is 479. The monoisotopic (exact) mass is 215 g/mol. The van der Waals surface area contributed by atoms with E-state index in [1.807, 2.05) is 0 Å². The van der Waals surface area contributed by atoms with Gasteiger partial charge in [0, 0.05) is 12.3 Å². The summed E-state index contributed by atoms with van der Waals surface area (Å²) in [6.07, 6.45) is 1.22. The highest BCUT2D eigenvalue weighted by Gasteiger charge is 2.01. The molecule has 1 aromatic carbocycles. The minimum atomic E-state index is -0.0739. The summed E-state index contributed by atoms with van der Waals surface area (Å²) >= 11 is 0. The average molecular weight is 215 g/mol. The van der Waals surface area contributed by atoms with Crippen molar-refractivity contribution in [3.05, 3.63) is 30.0 Å². The fourth-order valence-electron chi connectivity index (χ4n) is 1.000. The molecule has 0 radical (unpaired) electrons. The molecule has 0 heterocycles. The molecule has 0 bridgehead atoms. The smallest absolute Gasteiger partial charge is 0.145 e. The summed E-state index contributed by atoms with van der Waals surface area (Å²) < 4.78 is 4.91. The molecule has 80 valence electrons. The van der Waals surface area contributed by atoms with Crippen molar-refractivity contribution in [1.82, 2.24) is 0 Å². The van der Waals surface area contributed by atoms with Gasteiger partial charge in [-0.1, -0.05) is 0 Å². The van der Waals surface area contributed by atoms with E-state index in [0.717, 1.165) is 0 Å². The summed E-state index contributed by atoms with van der Waals surface area (Å²) in [6.45, 7) is 0. The molecule has 0 fully saturated rings. The molecule has 0 aliphatic rings. The van der Waals surface area contributed by atoms with E-state index < -0.39 is 0 Å². The fourth-order valence-corrected chi connectivity index (χ4v) is 1.000. The zero-order valence-corrected chi connectivity index (χ0v) is 8.56. The number of nitrogens with one attached hydrogen (secondary N) is 1. The number of hydrogen-bond donors (Lipinski definition) is 2. The largest absolute Gasteiger partial charge is 0.506 e. The van der Waals surface area contributed by atoms with Crippen LogP contribution in [-0.4, -0.2) is 12.2 Å². The molecule has 1 rings (SSSR count). The fraction of sp³-hybridized carbons (Fsp3) is 0.0909. The number of hydrogen-bond acceptors (Lipinski definition) is 5. The first-order valence-corrected chi connectivity index (χ1v) is 4.35. The molecule has 0 spiro atoms. The number of aromatic hydroxyl groups is 1. The topological polar surface area (TPSA) is 89.1 Å². The molecular weight excluding hydrogens is 206 g/mol. The minimum absolute atomic E-state index is 0.0224. The Morgan fingerprint density at radius 1 is 1.44 bits per heavy atom. The minimum Gasteiger partial charge on any atom is -0.506 e. The van der Waals surface area contributed by atoms with Gasteiger partial charge in [-0.3, -0.25) is 0 Å². The average Bonchev–Trinajstić information content (AvgIpc) is 2.32. The van der Waals surface area contributed by atoms with E-state index in [0.29, 0.717) is 11.4 Å². The Balaban J connectivity index is 2.88. The van der Waals surface area contributed by atoms with Gasteiger partial charge in [0.05, 0.1) is 12.8 Å². The Kier molecular flexibility index (Phi) is 3.77. The van der Waals surface area contributed by atoms with Gasteiger partial charge in [-0.15, -0.1) is 0 Å². The third-order valence-electron chi connectivity index (χ3n) is 1.82. The first-order chi connectivity index (χ1) is 7.71. The highest BCUT2D eigenvalue weighted by atomic mass is 16.5. The van der Waals surface area contributed by atoms with Gasteiger partial charge in [0.1, 0.15) is 29.2 Å². The van der Waals surface area contributed by atoms with Crippen LogP contribution in [0, 0.1) is 22.7 Å². The number of phenolic OH excluding ortho intramolecular Hbond substituents is 1. The molecule has 0 unspecified atom stereocenters. The number of ether oxygens (including phenoxy) is 1. The Morgan fingerprint density at radius 2 is 2.12 bits per heavy atom. The summed E-state index contributed by atoms with van der Waals surface area (Å²) in [4.78, 5) is 0. The maximum Gasteiger partial charge on any atom is 0.145 e. The van der Waals surface area contributed by atoms with Crippen molar-refractivity contribution in [2.45, 2.75) is 0 Å². The Labute approximate surface area is 92.8 Å². The van der Waals surface area contributed by atoms with E-state index >= 15 is 0 Å². The van der Waals surface area contributed by atoms with Crippen molar-refractivity contribution in [2.24, 2.45) is 0 Å². The molecule has 0 saturated carbocycles. The second-order valence-corrected chi connectivity index (χ2v) is 2.81. The summed E-state index contributed by atoms with van der Waals surface area (Å²) in [7, 11) is 1.49. The van der Waals surface area contributed by atoms with E-state index in [9.17, 15) is 5.11 Å². The molecule has 0 aliphatic carbocycles. The lowest BCUT2D eigenvalue weighted by molar-refractivity contribution is 0.408. The van der Waals surface area contributed by atoms with E-state index in [1.165, 1.54) is 19.4 Å². The van der Waals surface area contributed by atoms with Gasteiger partial charge >= 0.3 is 0 Å². The molecule has 1 aromatic rings. The van der Waals surface area contributed by atoms with Gasteiger partial charge in [0.2, 0.25) is 0 Å². The van der Waals surface area contributed by atoms with Crippen LogP contribution in [0.1, 0.15) is 0 Å². The van der Waals surface area contributed by atoms with Crippen molar-refractivity contribution >= 4 is 5.69 Å². The number of phenols is 1. The molecule has 0 atom stereocenters. The number of nitriles is 2. The van der Waals surface area contributed by atoms with Gasteiger partial charge < -0.3 is 15.2 Å². The van der Waals surface area contributed by atoms with E-state index in [-0.39, 0.29) is 11.3 Å². The summed E-state index contributed by atoms with van der Waals surface area (Å²) in [5.74, 6) is 0.499. The second kappa shape index (κ2) is 5.28. The lowest BCUT2D eigenvalue weighted by atomic mass is 10.2. The van der Waals surface area contributed by atoms with Crippen LogP contribution < -0.4 is 10.1 Å². The van der Waals surface area contributed by atoms with Crippen molar-refractivity contribution in [3.8, 4) is 23.6 Å². The van der Waals surface area contributed by atoms with Crippen LogP contribution in [-0.2, 0) is 0 Å². The lowest BCUT2D eigenvalue weighted by Crippen LogP contribution is -1.91. The number of nitrogens with zero attached hydrogens (tertiary/aromatic N) is 2. The molecule has 5 heteroatoms. The first kappa shape index (κ1) is 11.4. The van der Waals surface area contributed by atoms with Crippen LogP contribution in [0.4, 0.5) is 5.69 Å². The van der Waals surface area contributed by atoms with E-state index in [4.69, 9.17) is 15.3 Å². The van der Waals surface area contributed by atoms with Crippen molar-refractivity contribution < 1.29 is 9.84 Å². The highest BCUT2D eigenvalue weighted by molar-refractivity contribution is 5.60. The number of methoxy groups -OCH3 is 1. The first-order valence-electron chi connectivity index (χ1n) is 4.35. The summed E-state index contributed by atoms with van der Waals surface area (Å²) in [5, 5.41) is 29.2. The van der Waals surface area contributed by atoms with Gasteiger partial charge in [0.25, 0.3) is 0 Å². The maximum atomic E-state index is 9.54. The van der Waals surface area contributed by atoms with Gasteiger partial charge in [-0.05, 0) is 12.1 Å². The summed E-state index contributed by atoms with van der Waals surface area (Å²) in [6, 6.07) is 8.04. The normalized spacial score (nSPS) is 8.44. The third kappa shape index (κ3) is 2.66. The second-order valence-electron chi connectivity index (χ2n) is 2.81. The van der Waals surface area contributed by atoms with Crippen molar-refractivity contribution in [1.29, 1.82) is 10.5 Å². The number of allylic oxidation sites excluding steroid dienone is 1. The van der Waals surface area contributed by atoms with Crippen molar-refractivity contribution in [2.75, 3.05) is 12.4 Å². The molecule has 0 aliphatic heterocycles. The highest BCUT2D eigenvalue weighted by Crippen LogP contribution is 2.27. The van der Waals surface area contributed by atoms with Crippen molar-refractivity contribution in [3.63, 3.8) is 0 Å². The summed E-state index contributed by atoms with van der Waals surface area (Å²) in [5.41, 5.74) is 0.319. The molecule has 0 saturated heterocycles. The quantitative estimate of drug-likeness (QED) is 0.592. The molecule has 2 N–H and O–H groups in total. The van der Waals surface area contributed by atoms with Gasteiger partial charge in [-0.25, -0.2) is 0 Å². The van der Waals surface area contributed by atoms with Crippen LogP contribution in [0.3, 0.4) is 0 Å². The number of benzene rings is 1. The van der Waals surface area contributed by atoms with Crippen LogP contribution in [0.15, 0.2) is 30.0 Å².